The van der Waals surface area contributed by atoms with Crippen molar-refractivity contribution in [3.8, 4) is 0 Å². The summed E-state index contributed by atoms with van der Waals surface area (Å²) in [6, 6.07) is 0. The number of carbonyl (C=O) groups excluding carboxylic acids is 1. The second-order valence-corrected chi connectivity index (χ2v) is 6.79. The Labute approximate surface area is 120 Å². The van der Waals surface area contributed by atoms with Gasteiger partial charge in [0.1, 0.15) is 0 Å². The second kappa shape index (κ2) is 6.76. The van der Waals surface area contributed by atoms with Crippen molar-refractivity contribution in [2.45, 2.75) is 80.6 Å². The van der Waals surface area contributed by atoms with Crippen LogP contribution < -0.4 is 0 Å². The summed E-state index contributed by atoms with van der Waals surface area (Å²) in [4.78, 5) is 12.5. The summed E-state index contributed by atoms with van der Waals surface area (Å²) in [5.74, 6) is -0.0492. The molecule has 1 atom stereocenters. The Morgan fingerprint density at radius 1 is 0.895 bits per heavy atom. The maximum absolute atomic E-state index is 12.5. The average Bonchev–Trinajstić information content (AvgIpc) is 2.44. The van der Waals surface area contributed by atoms with Crippen LogP contribution in [0.2, 0.25) is 0 Å². The Balaban J connectivity index is 5.61. The highest BCUT2D eigenvalue weighted by Gasteiger charge is 2.51. The second-order valence-electron chi connectivity index (χ2n) is 6.79. The van der Waals surface area contributed by atoms with Crippen LogP contribution in [0.25, 0.3) is 0 Å². The number of carbonyl (C=O) groups is 1. The minimum Gasteiger partial charge on any atom is -0.469 e. The molecular weight excluding hydrogens is 236 g/mol. The van der Waals surface area contributed by atoms with Gasteiger partial charge in [-0.2, -0.15) is 0 Å². The van der Waals surface area contributed by atoms with Gasteiger partial charge >= 0.3 is 5.97 Å². The van der Waals surface area contributed by atoms with Crippen LogP contribution in [0.1, 0.15) is 80.6 Å². The van der Waals surface area contributed by atoms with E-state index in [1.165, 1.54) is 7.11 Å². The molecule has 0 aliphatic heterocycles. The molecule has 0 heterocycles. The van der Waals surface area contributed by atoms with Crippen LogP contribution in [0.5, 0.6) is 0 Å². The summed E-state index contributed by atoms with van der Waals surface area (Å²) in [5.41, 5.74) is -0.216. The zero-order valence-corrected chi connectivity index (χ0v) is 14.4. The van der Waals surface area contributed by atoms with Gasteiger partial charge < -0.3 is 4.74 Å². The zero-order chi connectivity index (χ0) is 15.3. The quantitative estimate of drug-likeness (QED) is 0.566. The Hall–Kier alpha value is -0.530. The first-order valence-electron chi connectivity index (χ1n) is 7.77. The van der Waals surface area contributed by atoms with Crippen LogP contribution in [0.15, 0.2) is 0 Å². The number of esters is 1. The van der Waals surface area contributed by atoms with E-state index >= 15 is 0 Å². The predicted molar refractivity (Wildman–Crippen MR) is 82.1 cm³/mol. The van der Waals surface area contributed by atoms with Gasteiger partial charge in [0.05, 0.1) is 12.5 Å². The Kier molecular flexibility index (Phi) is 6.57. The van der Waals surface area contributed by atoms with E-state index in [2.05, 4.69) is 48.5 Å². The number of hydrogen-bond donors (Lipinski definition) is 0. The third kappa shape index (κ3) is 3.52. The summed E-state index contributed by atoms with van der Waals surface area (Å²) < 4.78 is 5.16. The molecule has 0 fully saturated rings. The minimum absolute atomic E-state index is 0.00824. The van der Waals surface area contributed by atoms with Gasteiger partial charge in [0, 0.05) is 0 Å². The smallest absolute Gasteiger partial charge is 0.312 e. The van der Waals surface area contributed by atoms with Gasteiger partial charge in [0.25, 0.3) is 0 Å². The summed E-state index contributed by atoms with van der Waals surface area (Å²) >= 11 is 0. The molecular formula is C17H34O2. The highest BCUT2D eigenvalue weighted by molar-refractivity contribution is 5.77. The van der Waals surface area contributed by atoms with Crippen LogP contribution in [-0.4, -0.2) is 13.1 Å². The zero-order valence-electron chi connectivity index (χ0n) is 14.4. The van der Waals surface area contributed by atoms with E-state index in [0.29, 0.717) is 0 Å². The van der Waals surface area contributed by atoms with Gasteiger partial charge in [0.2, 0.25) is 0 Å². The van der Waals surface area contributed by atoms with E-state index in [0.717, 1.165) is 32.1 Å². The summed E-state index contributed by atoms with van der Waals surface area (Å²) in [7, 11) is 1.52. The third-order valence-electron chi connectivity index (χ3n) is 6.02. The molecule has 0 aromatic heterocycles. The van der Waals surface area contributed by atoms with Crippen molar-refractivity contribution < 1.29 is 9.53 Å². The molecule has 0 amide bonds. The van der Waals surface area contributed by atoms with Crippen molar-refractivity contribution >= 4 is 5.97 Å². The molecule has 2 nitrogen and oxygen atoms in total. The van der Waals surface area contributed by atoms with Crippen LogP contribution in [0.4, 0.5) is 0 Å². The molecule has 114 valence electrons. The van der Waals surface area contributed by atoms with E-state index in [1.54, 1.807) is 0 Å². The molecule has 0 aromatic carbocycles. The monoisotopic (exact) mass is 270 g/mol. The number of ether oxygens (including phenoxy) is 1. The lowest BCUT2D eigenvalue weighted by Gasteiger charge is -2.48. The van der Waals surface area contributed by atoms with Crippen molar-refractivity contribution in [2.24, 2.45) is 16.2 Å². The van der Waals surface area contributed by atoms with E-state index < -0.39 is 5.41 Å². The van der Waals surface area contributed by atoms with Gasteiger partial charge in [-0.3, -0.25) is 4.79 Å². The lowest BCUT2D eigenvalue weighted by molar-refractivity contribution is -0.164. The molecule has 0 bridgehead atoms. The maximum Gasteiger partial charge on any atom is 0.312 e. The number of methoxy groups -OCH3 is 1. The number of hydrogen-bond acceptors (Lipinski definition) is 2. The van der Waals surface area contributed by atoms with Crippen LogP contribution in [0, 0.1) is 16.2 Å². The Morgan fingerprint density at radius 3 is 1.58 bits per heavy atom. The van der Waals surface area contributed by atoms with Crippen molar-refractivity contribution in [1.82, 2.24) is 0 Å². The van der Waals surface area contributed by atoms with Crippen LogP contribution in [-0.2, 0) is 9.53 Å². The van der Waals surface area contributed by atoms with E-state index in [9.17, 15) is 4.79 Å². The lowest BCUT2D eigenvalue weighted by atomic mass is 9.56. The molecule has 0 aliphatic carbocycles. The summed E-state index contributed by atoms with van der Waals surface area (Å²) in [6.07, 6.45) is 5.09. The number of rotatable bonds is 8. The lowest BCUT2D eigenvalue weighted by Crippen LogP contribution is -2.47. The van der Waals surface area contributed by atoms with Crippen LogP contribution in [0.3, 0.4) is 0 Å². The van der Waals surface area contributed by atoms with Crippen molar-refractivity contribution in [3.05, 3.63) is 0 Å². The fraction of sp³-hybridized carbons (Fsp3) is 0.941. The molecule has 1 unspecified atom stereocenters. The predicted octanol–water partition coefficient (Wildman–Crippen LogP) is 5.21. The van der Waals surface area contributed by atoms with Gasteiger partial charge in [-0.05, 0) is 37.0 Å². The molecule has 0 rings (SSSR count). The fourth-order valence-electron chi connectivity index (χ4n) is 3.14. The fourth-order valence-corrected chi connectivity index (χ4v) is 3.14. The molecule has 19 heavy (non-hydrogen) atoms. The Morgan fingerprint density at radius 2 is 1.32 bits per heavy atom. The first-order valence-corrected chi connectivity index (χ1v) is 7.77. The van der Waals surface area contributed by atoms with E-state index in [-0.39, 0.29) is 16.8 Å². The molecule has 2 heteroatoms. The minimum atomic E-state index is -0.411. The molecule has 0 saturated heterocycles. The van der Waals surface area contributed by atoms with Crippen molar-refractivity contribution in [3.63, 3.8) is 0 Å². The molecule has 0 spiro atoms. The molecule has 0 aliphatic rings. The van der Waals surface area contributed by atoms with Gasteiger partial charge in [0.15, 0.2) is 0 Å². The largest absolute Gasteiger partial charge is 0.469 e. The molecule has 0 saturated carbocycles. The standard InChI is InChI=1S/C17H34O2/c1-9-15(5,10-2)13-17(7,14(18)19-8)16(6,11-3)12-4/h9-13H2,1-8H3. The molecule has 0 aromatic rings. The topological polar surface area (TPSA) is 26.3 Å². The van der Waals surface area contributed by atoms with E-state index in [4.69, 9.17) is 4.74 Å². The maximum atomic E-state index is 12.5. The third-order valence-corrected chi connectivity index (χ3v) is 6.02. The average molecular weight is 270 g/mol. The van der Waals surface area contributed by atoms with Crippen LogP contribution >= 0.6 is 0 Å². The summed E-state index contributed by atoms with van der Waals surface area (Å²) in [6.45, 7) is 15.4. The van der Waals surface area contributed by atoms with Gasteiger partial charge in [-0.1, -0.05) is 54.4 Å². The first kappa shape index (κ1) is 18.5. The van der Waals surface area contributed by atoms with Crippen molar-refractivity contribution in [1.29, 1.82) is 0 Å². The SMILES string of the molecule is CCC(C)(CC)CC(C)(C(=O)OC)C(C)(CC)CC. The Bertz CT molecular complexity index is 288. The normalized spacial score (nSPS) is 16.0. The summed E-state index contributed by atoms with van der Waals surface area (Å²) in [5, 5.41) is 0. The highest BCUT2D eigenvalue weighted by Crippen LogP contribution is 2.53. The molecule has 0 N–H and O–H groups in total. The molecule has 0 radical (unpaired) electrons. The van der Waals surface area contributed by atoms with Gasteiger partial charge in [-0.25, -0.2) is 0 Å². The van der Waals surface area contributed by atoms with Crippen molar-refractivity contribution in [2.75, 3.05) is 7.11 Å². The van der Waals surface area contributed by atoms with E-state index in [1.807, 2.05) is 0 Å². The highest BCUT2D eigenvalue weighted by atomic mass is 16.5. The first-order chi connectivity index (χ1) is 8.68. The van der Waals surface area contributed by atoms with Gasteiger partial charge in [-0.15, -0.1) is 0 Å².